The van der Waals surface area contributed by atoms with Crippen LogP contribution < -0.4 is 15.4 Å². The summed E-state index contributed by atoms with van der Waals surface area (Å²) in [5.74, 6) is -3.63. The van der Waals surface area contributed by atoms with Crippen LogP contribution in [0.5, 0.6) is 5.75 Å². The van der Waals surface area contributed by atoms with Crippen molar-refractivity contribution < 1.29 is 41.8 Å². The molecule has 2 aromatic carbocycles. The van der Waals surface area contributed by atoms with Crippen LogP contribution in [0, 0.1) is 29.5 Å². The quantitative estimate of drug-likeness (QED) is 0.238. The third-order valence-corrected chi connectivity index (χ3v) is 9.49. The number of anilines is 1. The Hall–Kier alpha value is -4.19. The highest BCUT2D eigenvalue weighted by molar-refractivity contribution is 6.00. The number of carboxylic acids is 1. The molecule has 0 unspecified atom stereocenters. The fourth-order valence-electron chi connectivity index (χ4n) is 7.26. The van der Waals surface area contributed by atoms with Gasteiger partial charge in [0.2, 0.25) is 5.91 Å². The smallest absolute Gasteiger partial charge is 0.419 e. The zero-order valence-corrected chi connectivity index (χ0v) is 25.2. The van der Waals surface area contributed by atoms with Gasteiger partial charge in [0, 0.05) is 30.7 Å². The molecule has 8 nitrogen and oxygen atoms in total. The first-order valence-electron chi connectivity index (χ1n) is 15.4. The van der Waals surface area contributed by atoms with Gasteiger partial charge in [-0.05, 0) is 85.4 Å². The number of rotatable bonds is 9. The molecule has 0 radical (unpaired) electrons. The average molecular weight is 642 g/mol. The lowest BCUT2D eigenvalue weighted by atomic mass is 9.83. The van der Waals surface area contributed by atoms with Gasteiger partial charge >= 0.3 is 12.1 Å². The summed E-state index contributed by atoms with van der Waals surface area (Å²) in [5.41, 5.74) is 1.34. The first-order valence-corrected chi connectivity index (χ1v) is 15.4. The maximum absolute atomic E-state index is 13.9. The Balaban J connectivity index is 1.27. The number of allylic oxidation sites excluding steroid dienone is 1. The number of halogens is 4. The van der Waals surface area contributed by atoms with Gasteiger partial charge in [-0.15, -0.1) is 0 Å². The van der Waals surface area contributed by atoms with Crippen LogP contribution in [0.3, 0.4) is 0 Å². The molecule has 12 heteroatoms. The number of aliphatic carboxylic acids is 1. The second-order valence-corrected chi connectivity index (χ2v) is 12.5. The molecular weight excluding hydrogens is 606 g/mol. The highest BCUT2D eigenvalue weighted by Crippen LogP contribution is 2.54. The molecule has 3 aliphatic carbocycles. The second kappa shape index (κ2) is 12.5. The Labute approximate surface area is 263 Å². The van der Waals surface area contributed by atoms with E-state index in [-0.39, 0.29) is 29.6 Å². The van der Waals surface area contributed by atoms with E-state index in [9.17, 15) is 37.1 Å². The largest absolute Gasteiger partial charge is 0.496 e. The number of carbonyl (C=O) groups excluding carboxylic acids is 2. The summed E-state index contributed by atoms with van der Waals surface area (Å²) in [7, 11) is 1.45. The molecule has 3 fully saturated rings. The van der Waals surface area contributed by atoms with Crippen LogP contribution in [0.4, 0.5) is 23.2 Å². The van der Waals surface area contributed by atoms with Crippen molar-refractivity contribution in [3.05, 3.63) is 76.6 Å². The van der Waals surface area contributed by atoms with E-state index in [1.165, 1.54) is 7.11 Å². The van der Waals surface area contributed by atoms with Crippen LogP contribution in [0.1, 0.15) is 53.6 Å². The summed E-state index contributed by atoms with van der Waals surface area (Å²) in [6, 6.07) is 6.93. The van der Waals surface area contributed by atoms with Gasteiger partial charge in [0.15, 0.2) is 0 Å². The predicted molar refractivity (Wildman–Crippen MR) is 161 cm³/mol. The summed E-state index contributed by atoms with van der Waals surface area (Å²) in [6.07, 6.45) is 3.53. The van der Waals surface area contributed by atoms with E-state index in [1.54, 1.807) is 12.1 Å². The molecule has 3 N–H and O–H groups in total. The molecule has 244 valence electrons. The van der Waals surface area contributed by atoms with Gasteiger partial charge in [0.25, 0.3) is 5.91 Å². The summed E-state index contributed by atoms with van der Waals surface area (Å²) < 4.78 is 59.5. The minimum atomic E-state index is -4.93. The zero-order chi connectivity index (χ0) is 32.7. The van der Waals surface area contributed by atoms with Crippen LogP contribution in [0.2, 0.25) is 0 Å². The van der Waals surface area contributed by atoms with Gasteiger partial charge in [-0.2, -0.15) is 13.2 Å². The van der Waals surface area contributed by atoms with Gasteiger partial charge < -0.3 is 20.5 Å². The highest BCUT2D eigenvalue weighted by Gasteiger charge is 2.55. The standard InChI is InChI=1S/C34H35F4N3O5/c1-46-28-11-6-19(20-3-2-12-41(16-20)17-29(42)43)14-25(28)32(44)40-31-23-9-8-22(24(23)13-18-4-5-18)30(31)33(45)39-21-7-10-27(35)26(15-21)34(36,37)38/h3,6-7,10-11,13-15,18,22-23,30-31H,2,4-5,8-9,12,16-17H2,1H3,(H,39,45)(H,40,44)(H,42,43)/b24-13-/t22-,23+,30-,31+/m0/s1. The van der Waals surface area contributed by atoms with Crippen molar-refractivity contribution in [3.63, 3.8) is 0 Å². The Morgan fingerprint density at radius 2 is 1.83 bits per heavy atom. The topological polar surface area (TPSA) is 108 Å². The number of carbonyl (C=O) groups is 3. The number of carboxylic acid groups (broad SMARTS) is 1. The number of methoxy groups -OCH3 is 1. The highest BCUT2D eigenvalue weighted by atomic mass is 19.4. The molecule has 3 saturated carbocycles. The molecule has 6 rings (SSSR count). The van der Waals surface area contributed by atoms with Crippen molar-refractivity contribution in [3.8, 4) is 5.75 Å². The second-order valence-electron chi connectivity index (χ2n) is 12.5. The number of hydrogen-bond donors (Lipinski definition) is 3. The van der Waals surface area contributed by atoms with E-state index < -0.39 is 47.3 Å². The summed E-state index contributed by atoms with van der Waals surface area (Å²) in [6.45, 7) is 0.920. The molecule has 4 aliphatic rings. The SMILES string of the molecule is COc1ccc(C2=CCCN(CC(=O)O)C2)cc1C(=O)N[C@H]1[C@@H](C(=O)Nc2ccc(F)c(C(F)(F)F)c2)[C@H]2CC[C@@H]1/C2=C\C1CC1. The van der Waals surface area contributed by atoms with E-state index in [2.05, 4.69) is 16.7 Å². The predicted octanol–water partition coefficient (Wildman–Crippen LogP) is 5.76. The van der Waals surface area contributed by atoms with E-state index in [0.717, 1.165) is 42.0 Å². The normalized spacial score (nSPS) is 25.3. The Morgan fingerprint density at radius 3 is 2.52 bits per heavy atom. The fraction of sp³-hybridized carbons (Fsp3) is 0.441. The monoisotopic (exact) mass is 641 g/mol. The minimum Gasteiger partial charge on any atom is -0.496 e. The molecule has 1 heterocycles. The number of alkyl halides is 3. The average Bonchev–Trinajstić information content (AvgIpc) is 3.69. The molecule has 2 bridgehead atoms. The minimum absolute atomic E-state index is 0.0966. The number of nitrogens with one attached hydrogen (secondary N) is 2. The van der Waals surface area contributed by atoms with E-state index in [1.807, 2.05) is 17.0 Å². The molecule has 1 aliphatic heterocycles. The van der Waals surface area contributed by atoms with Crippen molar-refractivity contribution in [1.29, 1.82) is 0 Å². The fourth-order valence-corrected chi connectivity index (χ4v) is 7.26. The lowest BCUT2D eigenvalue weighted by Crippen LogP contribution is -2.48. The van der Waals surface area contributed by atoms with Gasteiger partial charge in [-0.25, -0.2) is 4.39 Å². The third-order valence-electron chi connectivity index (χ3n) is 9.49. The van der Waals surface area contributed by atoms with Crippen LogP contribution in [0.25, 0.3) is 5.57 Å². The maximum atomic E-state index is 13.9. The number of benzene rings is 2. The number of amides is 2. The molecule has 0 saturated heterocycles. The first-order chi connectivity index (χ1) is 21.9. The molecule has 46 heavy (non-hydrogen) atoms. The van der Waals surface area contributed by atoms with Crippen LogP contribution in [0.15, 0.2) is 54.1 Å². The molecular formula is C34H35F4N3O5. The van der Waals surface area contributed by atoms with Crippen molar-refractivity contribution in [2.45, 2.75) is 44.3 Å². The molecule has 0 aromatic heterocycles. The maximum Gasteiger partial charge on any atom is 0.419 e. The van der Waals surface area contributed by atoms with Crippen molar-refractivity contribution in [2.75, 3.05) is 32.1 Å². The van der Waals surface area contributed by atoms with E-state index in [4.69, 9.17) is 4.74 Å². The number of nitrogens with zero attached hydrogens (tertiary/aromatic N) is 1. The first kappa shape index (κ1) is 31.8. The lowest BCUT2D eigenvalue weighted by Gasteiger charge is -2.30. The van der Waals surface area contributed by atoms with Crippen molar-refractivity contribution >= 4 is 29.0 Å². The Morgan fingerprint density at radius 1 is 1.07 bits per heavy atom. The third kappa shape index (κ3) is 6.53. The lowest BCUT2D eigenvalue weighted by molar-refractivity contribution is -0.140. The Kier molecular flexibility index (Phi) is 8.66. The number of fused-ring (bicyclic) bond motifs is 2. The van der Waals surface area contributed by atoms with Crippen LogP contribution in [-0.4, -0.2) is 60.6 Å². The molecule has 4 atom stereocenters. The van der Waals surface area contributed by atoms with Crippen LogP contribution in [-0.2, 0) is 15.8 Å². The zero-order valence-electron chi connectivity index (χ0n) is 25.2. The van der Waals surface area contributed by atoms with Gasteiger partial charge in [-0.3, -0.25) is 19.3 Å². The van der Waals surface area contributed by atoms with Gasteiger partial charge in [0.05, 0.1) is 30.7 Å². The molecule has 2 aromatic rings. The van der Waals surface area contributed by atoms with E-state index >= 15 is 0 Å². The summed E-state index contributed by atoms with van der Waals surface area (Å²) in [5, 5.41) is 14.9. The molecule has 2 amide bonds. The van der Waals surface area contributed by atoms with Crippen LogP contribution >= 0.6 is 0 Å². The summed E-state index contributed by atoms with van der Waals surface area (Å²) >= 11 is 0. The Bertz CT molecular complexity index is 1620. The van der Waals surface area contributed by atoms with Gasteiger partial charge in [-0.1, -0.05) is 23.8 Å². The number of ether oxygens (including phenoxy) is 1. The molecule has 0 spiro atoms. The van der Waals surface area contributed by atoms with Crippen molar-refractivity contribution in [2.24, 2.45) is 23.7 Å². The summed E-state index contributed by atoms with van der Waals surface area (Å²) in [4.78, 5) is 40.8. The van der Waals surface area contributed by atoms with Crippen molar-refractivity contribution in [1.82, 2.24) is 10.2 Å². The number of hydrogen-bond acceptors (Lipinski definition) is 5. The van der Waals surface area contributed by atoms with E-state index in [0.29, 0.717) is 49.7 Å². The van der Waals surface area contributed by atoms with Gasteiger partial charge in [0.1, 0.15) is 11.6 Å².